The second-order valence-electron chi connectivity index (χ2n) is 5.46. The number of amides is 1. The second kappa shape index (κ2) is 7.12. The Hall–Kier alpha value is -3.23. The van der Waals surface area contributed by atoms with Crippen LogP contribution in [0.15, 0.2) is 36.7 Å². The molecule has 0 radical (unpaired) electrons. The first-order chi connectivity index (χ1) is 12.1. The molecular formula is C16H16N4O5. The monoisotopic (exact) mass is 344 g/mol. The van der Waals surface area contributed by atoms with Crippen molar-refractivity contribution in [3.63, 3.8) is 0 Å². The van der Waals surface area contributed by atoms with Crippen LogP contribution in [0.1, 0.15) is 16.8 Å². The number of carbonyl (C=O) groups is 1. The number of nitro benzene ring substituents is 1. The van der Waals surface area contributed by atoms with E-state index in [-0.39, 0.29) is 35.0 Å². The van der Waals surface area contributed by atoms with Crippen LogP contribution in [0.4, 0.5) is 5.69 Å². The largest absolute Gasteiger partial charge is 0.477 e. The van der Waals surface area contributed by atoms with Crippen LogP contribution >= 0.6 is 0 Å². The van der Waals surface area contributed by atoms with Crippen LogP contribution in [-0.2, 0) is 0 Å². The number of rotatable bonds is 5. The predicted octanol–water partition coefficient (Wildman–Crippen LogP) is 1.69. The maximum atomic E-state index is 12.5. The molecule has 0 bridgehead atoms. The fourth-order valence-electron chi connectivity index (χ4n) is 2.64. The molecule has 25 heavy (non-hydrogen) atoms. The van der Waals surface area contributed by atoms with Gasteiger partial charge in [0, 0.05) is 43.1 Å². The molecule has 1 aromatic carbocycles. The van der Waals surface area contributed by atoms with Gasteiger partial charge in [-0.15, -0.1) is 0 Å². The van der Waals surface area contributed by atoms with Crippen molar-refractivity contribution in [3.05, 3.63) is 52.3 Å². The highest BCUT2D eigenvalue weighted by atomic mass is 16.6. The molecule has 1 unspecified atom stereocenters. The van der Waals surface area contributed by atoms with Crippen LogP contribution in [0.5, 0.6) is 11.8 Å². The van der Waals surface area contributed by atoms with Crippen LogP contribution in [0.2, 0.25) is 0 Å². The van der Waals surface area contributed by atoms with E-state index in [0.717, 1.165) is 0 Å². The van der Waals surface area contributed by atoms with Gasteiger partial charge in [-0.3, -0.25) is 14.9 Å². The molecule has 1 fully saturated rings. The zero-order valence-corrected chi connectivity index (χ0v) is 13.5. The van der Waals surface area contributed by atoms with Crippen molar-refractivity contribution in [2.45, 2.75) is 12.5 Å². The van der Waals surface area contributed by atoms with Crippen LogP contribution in [0.3, 0.4) is 0 Å². The number of carbonyl (C=O) groups excluding carboxylic acids is 1. The number of nitro groups is 1. The molecule has 3 rings (SSSR count). The lowest BCUT2D eigenvalue weighted by Crippen LogP contribution is -2.31. The summed E-state index contributed by atoms with van der Waals surface area (Å²) in [6, 6.07) is 5.70. The van der Waals surface area contributed by atoms with Gasteiger partial charge in [-0.05, 0) is 6.07 Å². The summed E-state index contributed by atoms with van der Waals surface area (Å²) in [5.41, 5.74) is 0.175. The Kier molecular flexibility index (Phi) is 4.73. The molecule has 0 N–H and O–H groups in total. The summed E-state index contributed by atoms with van der Waals surface area (Å²) in [5, 5.41) is 10.8. The first-order valence-electron chi connectivity index (χ1n) is 7.64. The molecule has 1 saturated heterocycles. The molecule has 0 aliphatic carbocycles. The zero-order valence-electron chi connectivity index (χ0n) is 13.5. The van der Waals surface area contributed by atoms with Crippen molar-refractivity contribution in [1.29, 1.82) is 0 Å². The first kappa shape index (κ1) is 16.6. The van der Waals surface area contributed by atoms with Gasteiger partial charge in [0.1, 0.15) is 6.10 Å². The van der Waals surface area contributed by atoms with Crippen molar-refractivity contribution in [2.24, 2.45) is 0 Å². The van der Waals surface area contributed by atoms with Crippen LogP contribution in [0.25, 0.3) is 0 Å². The van der Waals surface area contributed by atoms with Gasteiger partial charge in [0.2, 0.25) is 0 Å². The van der Waals surface area contributed by atoms with E-state index >= 15 is 0 Å². The Bertz CT molecular complexity index is 798. The molecule has 2 aromatic rings. The summed E-state index contributed by atoms with van der Waals surface area (Å²) in [5.74, 6) is 0.298. The number of benzene rings is 1. The molecule has 2 heterocycles. The molecule has 1 amide bonds. The van der Waals surface area contributed by atoms with E-state index in [2.05, 4.69) is 9.97 Å². The van der Waals surface area contributed by atoms with Gasteiger partial charge in [0.15, 0.2) is 0 Å². The topological polar surface area (TPSA) is 108 Å². The number of ether oxygens (including phenoxy) is 2. The SMILES string of the molecule is COc1nccnc1OC1CCN(C(=O)c2cccc([N+](=O)[O-])c2)C1. The molecule has 130 valence electrons. The van der Waals surface area contributed by atoms with Gasteiger partial charge in [-0.1, -0.05) is 6.07 Å². The summed E-state index contributed by atoms with van der Waals surface area (Å²) < 4.78 is 10.9. The molecule has 1 aliphatic heterocycles. The fourth-order valence-corrected chi connectivity index (χ4v) is 2.64. The van der Waals surface area contributed by atoms with Crippen molar-refractivity contribution in [3.8, 4) is 11.8 Å². The highest BCUT2D eigenvalue weighted by Crippen LogP contribution is 2.25. The molecule has 1 aromatic heterocycles. The van der Waals surface area contributed by atoms with E-state index in [1.54, 1.807) is 11.0 Å². The third kappa shape index (κ3) is 3.65. The number of methoxy groups -OCH3 is 1. The third-order valence-corrected chi connectivity index (χ3v) is 3.84. The average Bonchev–Trinajstić information content (AvgIpc) is 3.10. The quantitative estimate of drug-likeness (QED) is 0.600. The first-order valence-corrected chi connectivity index (χ1v) is 7.64. The van der Waals surface area contributed by atoms with Gasteiger partial charge in [-0.2, -0.15) is 0 Å². The van der Waals surface area contributed by atoms with Gasteiger partial charge in [0.05, 0.1) is 18.6 Å². The van der Waals surface area contributed by atoms with Gasteiger partial charge in [-0.25, -0.2) is 9.97 Å². The third-order valence-electron chi connectivity index (χ3n) is 3.84. The number of nitrogens with zero attached hydrogens (tertiary/aromatic N) is 4. The maximum absolute atomic E-state index is 12.5. The van der Waals surface area contributed by atoms with E-state index in [0.29, 0.717) is 19.5 Å². The van der Waals surface area contributed by atoms with Crippen LogP contribution in [-0.4, -0.2) is 52.0 Å². The minimum absolute atomic E-state index is 0.109. The zero-order chi connectivity index (χ0) is 17.8. The smallest absolute Gasteiger partial charge is 0.278 e. The highest BCUT2D eigenvalue weighted by Gasteiger charge is 2.30. The Morgan fingerprint density at radius 2 is 2.08 bits per heavy atom. The van der Waals surface area contributed by atoms with Crippen molar-refractivity contribution in [2.75, 3.05) is 20.2 Å². The lowest BCUT2D eigenvalue weighted by Gasteiger charge is -2.17. The summed E-state index contributed by atoms with van der Waals surface area (Å²) >= 11 is 0. The van der Waals surface area contributed by atoms with Crippen molar-refractivity contribution >= 4 is 11.6 Å². The summed E-state index contributed by atoms with van der Waals surface area (Å²) in [6.45, 7) is 0.857. The minimum atomic E-state index is -0.521. The van der Waals surface area contributed by atoms with Gasteiger partial charge in [0.25, 0.3) is 23.4 Å². The molecule has 9 heteroatoms. The lowest BCUT2D eigenvalue weighted by molar-refractivity contribution is -0.384. The second-order valence-corrected chi connectivity index (χ2v) is 5.46. The van der Waals surface area contributed by atoms with E-state index in [1.165, 1.54) is 37.7 Å². The predicted molar refractivity (Wildman–Crippen MR) is 86.6 cm³/mol. The molecule has 9 nitrogen and oxygen atoms in total. The number of hydrogen-bond donors (Lipinski definition) is 0. The molecule has 1 aliphatic rings. The van der Waals surface area contributed by atoms with E-state index < -0.39 is 4.92 Å². The standard InChI is InChI=1S/C16H16N4O5/c1-24-14-15(18-7-6-17-14)25-13-5-8-19(10-13)16(21)11-3-2-4-12(9-11)20(22)23/h2-4,6-7,9,13H,5,8,10H2,1H3. The summed E-state index contributed by atoms with van der Waals surface area (Å²) in [4.78, 5) is 32.6. The normalized spacial score (nSPS) is 16.5. The summed E-state index contributed by atoms with van der Waals surface area (Å²) in [7, 11) is 1.48. The maximum Gasteiger partial charge on any atom is 0.278 e. The Balaban J connectivity index is 1.67. The number of hydrogen-bond acceptors (Lipinski definition) is 7. The van der Waals surface area contributed by atoms with Crippen LogP contribution < -0.4 is 9.47 Å². The van der Waals surface area contributed by atoms with E-state index in [4.69, 9.17) is 9.47 Å². The fraction of sp³-hybridized carbons (Fsp3) is 0.312. The van der Waals surface area contributed by atoms with E-state index in [9.17, 15) is 14.9 Å². The average molecular weight is 344 g/mol. The lowest BCUT2D eigenvalue weighted by atomic mass is 10.2. The summed E-state index contributed by atoms with van der Waals surface area (Å²) in [6.07, 6.45) is 3.38. The van der Waals surface area contributed by atoms with Gasteiger partial charge >= 0.3 is 0 Å². The Labute approximate surface area is 143 Å². The van der Waals surface area contributed by atoms with Crippen molar-refractivity contribution < 1.29 is 19.2 Å². The minimum Gasteiger partial charge on any atom is -0.477 e. The van der Waals surface area contributed by atoms with Gasteiger partial charge < -0.3 is 14.4 Å². The Morgan fingerprint density at radius 3 is 2.80 bits per heavy atom. The number of non-ortho nitro benzene ring substituents is 1. The number of likely N-dealkylation sites (tertiary alicyclic amines) is 1. The highest BCUT2D eigenvalue weighted by molar-refractivity contribution is 5.95. The van der Waals surface area contributed by atoms with Crippen molar-refractivity contribution in [1.82, 2.24) is 14.9 Å². The molecule has 1 atom stereocenters. The van der Waals surface area contributed by atoms with E-state index in [1.807, 2.05) is 0 Å². The molecule has 0 saturated carbocycles. The molecular weight excluding hydrogens is 328 g/mol. The van der Waals surface area contributed by atoms with Crippen LogP contribution in [0, 0.1) is 10.1 Å². The molecule has 0 spiro atoms. The number of aromatic nitrogens is 2. The Morgan fingerprint density at radius 1 is 1.32 bits per heavy atom.